The topological polar surface area (TPSA) is 74.1 Å². The molecule has 1 amide bonds. The molecule has 1 rings (SSSR count). The number of halogens is 1. The van der Waals surface area contributed by atoms with E-state index in [2.05, 4.69) is 26.6 Å². The van der Waals surface area contributed by atoms with Gasteiger partial charge in [0, 0.05) is 36.1 Å². The van der Waals surface area contributed by atoms with Crippen LogP contribution >= 0.6 is 15.9 Å². The second-order valence-corrected chi connectivity index (χ2v) is 5.05. The van der Waals surface area contributed by atoms with E-state index >= 15 is 0 Å². The molecule has 0 saturated carbocycles. The second kappa shape index (κ2) is 9.97. The number of nitrogens with zero attached hydrogens (tertiary/aromatic N) is 1. The third-order valence-electron chi connectivity index (χ3n) is 2.53. The molecule has 2 N–H and O–H groups in total. The SMILES string of the molecule is CCOCCCN/C=C(/C#N)C(=O)Nc1ccc(Br)cc1. The first-order chi connectivity index (χ1) is 10.2. The molecule has 0 bridgehead atoms. The molecule has 0 aromatic heterocycles. The highest BCUT2D eigenvalue weighted by atomic mass is 79.9. The highest BCUT2D eigenvalue weighted by molar-refractivity contribution is 9.10. The molecule has 0 aliphatic heterocycles. The summed E-state index contributed by atoms with van der Waals surface area (Å²) in [5.74, 6) is -0.433. The molecule has 0 unspecified atom stereocenters. The molecular formula is C15H18BrN3O2. The number of anilines is 1. The molecule has 0 aliphatic rings. The number of hydrogen-bond donors (Lipinski definition) is 2. The van der Waals surface area contributed by atoms with Crippen molar-refractivity contribution in [2.24, 2.45) is 0 Å². The van der Waals surface area contributed by atoms with Crippen LogP contribution in [0.25, 0.3) is 0 Å². The van der Waals surface area contributed by atoms with Crippen molar-refractivity contribution in [1.29, 1.82) is 5.26 Å². The standard InChI is InChI=1S/C15H18BrN3O2/c1-2-21-9-3-8-18-11-12(10-17)15(20)19-14-6-4-13(16)5-7-14/h4-7,11,18H,2-3,8-9H2,1H3,(H,19,20)/b12-11-. The van der Waals surface area contributed by atoms with Gasteiger partial charge in [-0.2, -0.15) is 5.26 Å². The van der Waals surface area contributed by atoms with E-state index < -0.39 is 5.91 Å². The van der Waals surface area contributed by atoms with E-state index in [1.54, 1.807) is 12.1 Å². The van der Waals surface area contributed by atoms with Crippen LogP contribution in [0, 0.1) is 11.3 Å². The first-order valence-corrected chi connectivity index (χ1v) is 7.45. The van der Waals surface area contributed by atoms with Gasteiger partial charge in [0.2, 0.25) is 0 Å². The molecule has 5 nitrogen and oxygen atoms in total. The molecule has 0 fully saturated rings. The Morgan fingerprint density at radius 2 is 2.14 bits per heavy atom. The lowest BCUT2D eigenvalue weighted by Crippen LogP contribution is -2.17. The Bertz CT molecular complexity index is 521. The summed E-state index contributed by atoms with van der Waals surface area (Å²) in [7, 11) is 0. The van der Waals surface area contributed by atoms with Crippen LogP contribution in [0.2, 0.25) is 0 Å². The van der Waals surface area contributed by atoms with Gasteiger partial charge in [-0.05, 0) is 37.6 Å². The molecule has 112 valence electrons. The van der Waals surface area contributed by atoms with Gasteiger partial charge >= 0.3 is 0 Å². The van der Waals surface area contributed by atoms with Crippen LogP contribution in [0.4, 0.5) is 5.69 Å². The Hall–Kier alpha value is -1.84. The van der Waals surface area contributed by atoms with E-state index in [1.807, 2.05) is 25.1 Å². The molecule has 0 atom stereocenters. The highest BCUT2D eigenvalue weighted by Crippen LogP contribution is 2.14. The largest absolute Gasteiger partial charge is 0.390 e. The second-order valence-electron chi connectivity index (χ2n) is 4.14. The summed E-state index contributed by atoms with van der Waals surface area (Å²) in [6.45, 7) is 3.93. The Morgan fingerprint density at radius 1 is 1.43 bits per heavy atom. The van der Waals surface area contributed by atoms with Crippen LogP contribution < -0.4 is 10.6 Å². The van der Waals surface area contributed by atoms with Crippen molar-refractivity contribution in [1.82, 2.24) is 5.32 Å². The van der Waals surface area contributed by atoms with Gasteiger partial charge in [-0.15, -0.1) is 0 Å². The van der Waals surface area contributed by atoms with Crippen LogP contribution in [0.3, 0.4) is 0 Å². The zero-order valence-corrected chi connectivity index (χ0v) is 13.4. The van der Waals surface area contributed by atoms with E-state index in [0.29, 0.717) is 25.4 Å². The number of rotatable bonds is 8. The minimum absolute atomic E-state index is 0.0364. The van der Waals surface area contributed by atoms with Crippen molar-refractivity contribution >= 4 is 27.5 Å². The quantitative estimate of drug-likeness (QED) is 0.429. The number of amides is 1. The van der Waals surface area contributed by atoms with Gasteiger partial charge in [0.25, 0.3) is 5.91 Å². The average Bonchev–Trinajstić information content (AvgIpc) is 2.49. The van der Waals surface area contributed by atoms with E-state index in [4.69, 9.17) is 10.00 Å². The predicted octanol–water partition coefficient (Wildman–Crippen LogP) is 2.81. The maximum Gasteiger partial charge on any atom is 0.267 e. The molecule has 0 heterocycles. The summed E-state index contributed by atoms with van der Waals surface area (Å²) in [6, 6.07) is 9.03. The Morgan fingerprint density at radius 3 is 2.76 bits per heavy atom. The van der Waals surface area contributed by atoms with Gasteiger partial charge in [0.15, 0.2) is 0 Å². The van der Waals surface area contributed by atoms with Crippen molar-refractivity contribution in [3.05, 3.63) is 40.5 Å². The zero-order chi connectivity index (χ0) is 15.5. The normalized spacial score (nSPS) is 10.8. The lowest BCUT2D eigenvalue weighted by atomic mass is 10.2. The number of nitriles is 1. The first-order valence-electron chi connectivity index (χ1n) is 6.65. The summed E-state index contributed by atoms with van der Waals surface area (Å²) in [6.07, 6.45) is 2.25. The van der Waals surface area contributed by atoms with E-state index in [0.717, 1.165) is 10.9 Å². The molecule has 6 heteroatoms. The molecule has 0 spiro atoms. The Labute approximate surface area is 133 Å². The molecule has 1 aromatic carbocycles. The van der Waals surface area contributed by atoms with Crippen molar-refractivity contribution in [3.8, 4) is 6.07 Å². The van der Waals surface area contributed by atoms with Gasteiger partial charge in [-0.1, -0.05) is 15.9 Å². The third kappa shape index (κ3) is 6.93. The van der Waals surface area contributed by atoms with Crippen molar-refractivity contribution in [2.75, 3.05) is 25.1 Å². The van der Waals surface area contributed by atoms with Gasteiger partial charge in [-0.25, -0.2) is 0 Å². The van der Waals surface area contributed by atoms with Gasteiger partial charge in [0.05, 0.1) is 0 Å². The van der Waals surface area contributed by atoms with Crippen molar-refractivity contribution in [3.63, 3.8) is 0 Å². The first kappa shape index (κ1) is 17.2. The van der Waals surface area contributed by atoms with E-state index in [-0.39, 0.29) is 5.57 Å². The van der Waals surface area contributed by atoms with E-state index in [1.165, 1.54) is 6.20 Å². The fourth-order valence-electron chi connectivity index (χ4n) is 1.48. The third-order valence-corrected chi connectivity index (χ3v) is 3.06. The van der Waals surface area contributed by atoms with Crippen LogP contribution in [0.15, 0.2) is 40.5 Å². The molecule has 0 aliphatic carbocycles. The van der Waals surface area contributed by atoms with Crippen LogP contribution in [-0.2, 0) is 9.53 Å². The summed E-state index contributed by atoms with van der Waals surface area (Å²) >= 11 is 3.32. The van der Waals surface area contributed by atoms with Crippen molar-refractivity contribution in [2.45, 2.75) is 13.3 Å². The van der Waals surface area contributed by atoms with Crippen LogP contribution in [0.5, 0.6) is 0 Å². The number of carbonyl (C=O) groups is 1. The highest BCUT2D eigenvalue weighted by Gasteiger charge is 2.08. The number of nitrogens with one attached hydrogen (secondary N) is 2. The Balaban J connectivity index is 2.45. The minimum atomic E-state index is -0.433. The molecular weight excluding hydrogens is 334 g/mol. The smallest absolute Gasteiger partial charge is 0.267 e. The maximum absolute atomic E-state index is 11.9. The number of ether oxygens (including phenoxy) is 1. The van der Waals surface area contributed by atoms with E-state index in [9.17, 15) is 4.79 Å². The monoisotopic (exact) mass is 351 g/mol. The zero-order valence-electron chi connectivity index (χ0n) is 11.9. The lowest BCUT2D eigenvalue weighted by molar-refractivity contribution is -0.112. The molecule has 21 heavy (non-hydrogen) atoms. The minimum Gasteiger partial charge on any atom is -0.390 e. The maximum atomic E-state index is 11.9. The van der Waals surface area contributed by atoms with Gasteiger partial charge < -0.3 is 15.4 Å². The Kier molecular flexibility index (Phi) is 8.17. The average molecular weight is 352 g/mol. The molecule has 0 radical (unpaired) electrons. The number of benzene rings is 1. The van der Waals surface area contributed by atoms with Gasteiger partial charge in [-0.3, -0.25) is 4.79 Å². The fourth-order valence-corrected chi connectivity index (χ4v) is 1.74. The molecule has 0 saturated heterocycles. The summed E-state index contributed by atoms with van der Waals surface area (Å²) in [4.78, 5) is 11.9. The summed E-state index contributed by atoms with van der Waals surface area (Å²) in [5.41, 5.74) is 0.676. The van der Waals surface area contributed by atoms with Crippen molar-refractivity contribution < 1.29 is 9.53 Å². The van der Waals surface area contributed by atoms with Gasteiger partial charge in [0.1, 0.15) is 11.6 Å². The fraction of sp³-hybridized carbons (Fsp3) is 0.333. The number of carbonyl (C=O) groups excluding carboxylic acids is 1. The molecule has 1 aromatic rings. The van der Waals surface area contributed by atoms with Crippen LogP contribution in [0.1, 0.15) is 13.3 Å². The predicted molar refractivity (Wildman–Crippen MR) is 85.6 cm³/mol. The number of hydrogen-bond acceptors (Lipinski definition) is 4. The van der Waals surface area contributed by atoms with Crippen LogP contribution in [-0.4, -0.2) is 25.7 Å². The summed E-state index contributed by atoms with van der Waals surface area (Å²) in [5, 5.41) is 14.6. The summed E-state index contributed by atoms with van der Waals surface area (Å²) < 4.78 is 6.12. The lowest BCUT2D eigenvalue weighted by Gasteiger charge is -2.05.